The zero-order chi connectivity index (χ0) is 15.4. The van der Waals surface area contributed by atoms with Crippen LogP contribution in [0.1, 0.15) is 19.4 Å². The van der Waals surface area contributed by atoms with Crippen molar-refractivity contribution >= 4 is 0 Å². The fraction of sp³-hybridized carbons (Fsp3) is 0.222. The number of nitrogens with zero attached hydrogens (tertiary/aromatic N) is 4. The minimum atomic E-state index is 0.542. The molecule has 0 atom stereocenters. The second-order valence-corrected chi connectivity index (χ2v) is 5.71. The molecular weight excluding hydrogens is 272 g/mol. The summed E-state index contributed by atoms with van der Waals surface area (Å²) in [6, 6.07) is 18.0. The molecule has 0 amide bonds. The summed E-state index contributed by atoms with van der Waals surface area (Å²) in [6.45, 7) is 4.43. The summed E-state index contributed by atoms with van der Waals surface area (Å²) in [4.78, 5) is 0. The molecule has 1 aromatic heterocycles. The number of rotatable bonds is 4. The lowest BCUT2D eigenvalue weighted by Crippen LogP contribution is -1.99. The lowest BCUT2D eigenvalue weighted by atomic mass is 10.0. The van der Waals surface area contributed by atoms with Gasteiger partial charge in [0.05, 0.1) is 0 Å². The first-order chi connectivity index (χ1) is 10.7. The van der Waals surface area contributed by atoms with E-state index in [1.165, 1.54) is 5.56 Å². The molecule has 0 aliphatic heterocycles. The van der Waals surface area contributed by atoms with Crippen LogP contribution in [0.25, 0.3) is 22.8 Å². The maximum absolute atomic E-state index is 4.19. The fourth-order valence-corrected chi connectivity index (χ4v) is 2.31. The van der Waals surface area contributed by atoms with E-state index in [0.717, 1.165) is 17.5 Å². The Kier molecular flexibility index (Phi) is 4.19. The van der Waals surface area contributed by atoms with Crippen LogP contribution in [0.5, 0.6) is 0 Å². The van der Waals surface area contributed by atoms with Crippen molar-refractivity contribution < 1.29 is 0 Å². The van der Waals surface area contributed by atoms with Crippen LogP contribution in [0, 0.1) is 5.92 Å². The molecule has 0 radical (unpaired) electrons. The third kappa shape index (κ3) is 3.34. The summed E-state index contributed by atoms with van der Waals surface area (Å²) in [5, 5.41) is 16.7. The molecule has 0 N–H and O–H groups in total. The zero-order valence-corrected chi connectivity index (χ0v) is 12.8. The van der Waals surface area contributed by atoms with Gasteiger partial charge in [-0.2, -0.15) is 0 Å². The Hall–Kier alpha value is -2.62. The second kappa shape index (κ2) is 6.43. The Morgan fingerprint density at radius 2 is 1.18 bits per heavy atom. The number of aromatic nitrogens is 4. The van der Waals surface area contributed by atoms with Gasteiger partial charge in [-0.3, -0.25) is 0 Å². The summed E-state index contributed by atoms with van der Waals surface area (Å²) in [6.07, 6.45) is 1.07. The van der Waals surface area contributed by atoms with Crippen LogP contribution in [0.2, 0.25) is 0 Å². The lowest BCUT2D eigenvalue weighted by Gasteiger charge is -2.05. The van der Waals surface area contributed by atoms with Gasteiger partial charge in [0.15, 0.2) is 0 Å². The molecule has 0 unspecified atom stereocenters. The van der Waals surface area contributed by atoms with Gasteiger partial charge in [-0.05, 0) is 17.9 Å². The summed E-state index contributed by atoms with van der Waals surface area (Å²) < 4.78 is 0. The molecule has 0 spiro atoms. The van der Waals surface area contributed by atoms with E-state index in [-0.39, 0.29) is 0 Å². The van der Waals surface area contributed by atoms with Gasteiger partial charge < -0.3 is 0 Å². The van der Waals surface area contributed by atoms with E-state index >= 15 is 0 Å². The van der Waals surface area contributed by atoms with E-state index in [2.05, 4.69) is 46.4 Å². The molecule has 3 rings (SSSR count). The van der Waals surface area contributed by atoms with Crippen LogP contribution in [-0.2, 0) is 6.42 Å². The normalized spacial score (nSPS) is 10.9. The van der Waals surface area contributed by atoms with Crippen molar-refractivity contribution in [3.05, 3.63) is 60.2 Å². The van der Waals surface area contributed by atoms with Crippen molar-refractivity contribution in [2.45, 2.75) is 20.3 Å². The van der Waals surface area contributed by atoms with Gasteiger partial charge >= 0.3 is 0 Å². The molecule has 4 nitrogen and oxygen atoms in total. The highest BCUT2D eigenvalue weighted by molar-refractivity contribution is 5.56. The van der Waals surface area contributed by atoms with Crippen molar-refractivity contribution in [2.24, 2.45) is 5.92 Å². The van der Waals surface area contributed by atoms with Crippen LogP contribution in [0.4, 0.5) is 0 Å². The summed E-state index contributed by atoms with van der Waals surface area (Å²) in [5.41, 5.74) is 3.18. The van der Waals surface area contributed by atoms with Gasteiger partial charge in [0.1, 0.15) is 0 Å². The van der Waals surface area contributed by atoms with Gasteiger partial charge in [0.2, 0.25) is 11.6 Å². The molecule has 0 bridgehead atoms. The Bertz CT molecular complexity index is 719. The Balaban J connectivity index is 1.81. The zero-order valence-electron chi connectivity index (χ0n) is 12.8. The van der Waals surface area contributed by atoms with Crippen molar-refractivity contribution in [1.82, 2.24) is 20.4 Å². The minimum absolute atomic E-state index is 0.542. The van der Waals surface area contributed by atoms with Gasteiger partial charge in [0, 0.05) is 11.1 Å². The van der Waals surface area contributed by atoms with E-state index in [1.807, 2.05) is 42.5 Å². The highest BCUT2D eigenvalue weighted by Crippen LogP contribution is 2.17. The highest BCUT2D eigenvalue weighted by Gasteiger charge is 2.06. The maximum atomic E-state index is 4.19. The Labute approximate surface area is 130 Å². The second-order valence-electron chi connectivity index (χ2n) is 5.71. The Morgan fingerprint density at radius 3 is 1.68 bits per heavy atom. The molecular formula is C18H18N4. The minimum Gasteiger partial charge on any atom is -0.126 e. The van der Waals surface area contributed by atoms with E-state index in [0.29, 0.717) is 17.6 Å². The van der Waals surface area contributed by atoms with Gasteiger partial charge in [0.25, 0.3) is 0 Å². The van der Waals surface area contributed by atoms with Gasteiger partial charge in [-0.15, -0.1) is 20.4 Å². The number of hydrogen-bond donors (Lipinski definition) is 0. The summed E-state index contributed by atoms with van der Waals surface area (Å²) in [5.74, 6) is 1.74. The van der Waals surface area contributed by atoms with Crippen LogP contribution in [0.3, 0.4) is 0 Å². The molecule has 0 saturated carbocycles. The quantitative estimate of drug-likeness (QED) is 0.733. The molecule has 3 aromatic rings. The first kappa shape index (κ1) is 14.3. The first-order valence-electron chi connectivity index (χ1n) is 7.44. The average Bonchev–Trinajstić information content (AvgIpc) is 2.56. The molecule has 0 aliphatic carbocycles. The van der Waals surface area contributed by atoms with Gasteiger partial charge in [-0.25, -0.2) is 0 Å². The van der Waals surface area contributed by atoms with E-state index in [1.54, 1.807) is 0 Å². The van der Waals surface area contributed by atoms with Crippen LogP contribution in [-0.4, -0.2) is 20.4 Å². The molecule has 0 saturated heterocycles. The fourth-order valence-electron chi connectivity index (χ4n) is 2.31. The van der Waals surface area contributed by atoms with Gasteiger partial charge in [-0.1, -0.05) is 68.4 Å². The number of benzene rings is 2. The summed E-state index contributed by atoms with van der Waals surface area (Å²) >= 11 is 0. The van der Waals surface area contributed by atoms with Crippen molar-refractivity contribution in [1.29, 1.82) is 0 Å². The molecule has 22 heavy (non-hydrogen) atoms. The van der Waals surface area contributed by atoms with Crippen LogP contribution >= 0.6 is 0 Å². The van der Waals surface area contributed by atoms with Crippen molar-refractivity contribution in [2.75, 3.05) is 0 Å². The van der Waals surface area contributed by atoms with Crippen LogP contribution in [0.15, 0.2) is 54.6 Å². The molecule has 110 valence electrons. The molecule has 2 aromatic carbocycles. The standard InChI is InChI=1S/C18H18N4/c1-13(2)12-14-8-10-16(11-9-14)18-21-19-17(20-22-18)15-6-4-3-5-7-15/h3-11,13H,12H2,1-2H3. The van der Waals surface area contributed by atoms with E-state index < -0.39 is 0 Å². The predicted octanol–water partition coefficient (Wildman–Crippen LogP) is 3.80. The highest BCUT2D eigenvalue weighted by atomic mass is 15.3. The summed E-state index contributed by atoms with van der Waals surface area (Å²) in [7, 11) is 0. The molecule has 1 heterocycles. The maximum Gasteiger partial charge on any atom is 0.203 e. The van der Waals surface area contributed by atoms with E-state index in [9.17, 15) is 0 Å². The third-order valence-electron chi connectivity index (χ3n) is 3.37. The molecule has 0 fully saturated rings. The average molecular weight is 290 g/mol. The van der Waals surface area contributed by atoms with Crippen molar-refractivity contribution in [3.63, 3.8) is 0 Å². The SMILES string of the molecule is CC(C)Cc1ccc(-c2nnc(-c3ccccc3)nn2)cc1. The molecule has 0 aliphatic rings. The Morgan fingerprint density at radius 1 is 0.682 bits per heavy atom. The van der Waals surface area contributed by atoms with Crippen LogP contribution < -0.4 is 0 Å². The lowest BCUT2D eigenvalue weighted by molar-refractivity contribution is 0.647. The topological polar surface area (TPSA) is 51.6 Å². The van der Waals surface area contributed by atoms with Crippen molar-refractivity contribution in [3.8, 4) is 22.8 Å². The third-order valence-corrected chi connectivity index (χ3v) is 3.37. The smallest absolute Gasteiger partial charge is 0.126 e. The number of hydrogen-bond acceptors (Lipinski definition) is 4. The predicted molar refractivity (Wildman–Crippen MR) is 87.0 cm³/mol. The first-order valence-corrected chi connectivity index (χ1v) is 7.44. The monoisotopic (exact) mass is 290 g/mol. The van der Waals surface area contributed by atoms with E-state index in [4.69, 9.17) is 0 Å². The molecule has 4 heteroatoms. The largest absolute Gasteiger partial charge is 0.203 e.